The Kier molecular flexibility index (Phi) is 3.26. The summed E-state index contributed by atoms with van der Waals surface area (Å²) >= 11 is 0. The standard InChI is InChI=1S/C22H19FN2O4/c1-9-10-3-2-4-11-13-7-25-17(19(13)24-16(18(10)11)6-15(9)23)5-12-14(21(25)27)8-29-22(28)20(12)26/h5-6,19-20,24,26H,2-4,7-8H2,1H3. The number of ether oxygens (including phenoxy) is 1. The van der Waals surface area contributed by atoms with Crippen molar-refractivity contribution in [3.05, 3.63) is 67.4 Å². The van der Waals surface area contributed by atoms with Gasteiger partial charge in [0.1, 0.15) is 12.4 Å². The number of pyridine rings is 1. The fourth-order valence-corrected chi connectivity index (χ4v) is 5.36. The molecule has 7 heteroatoms. The van der Waals surface area contributed by atoms with E-state index in [0.29, 0.717) is 28.9 Å². The normalized spacial score (nSPS) is 23.6. The first-order chi connectivity index (χ1) is 14.0. The van der Waals surface area contributed by atoms with Crippen LogP contribution in [0.4, 0.5) is 10.1 Å². The zero-order valence-corrected chi connectivity index (χ0v) is 15.8. The largest absolute Gasteiger partial charge is 0.458 e. The number of allylic oxidation sites excluding steroid dienone is 1. The van der Waals surface area contributed by atoms with Crippen LogP contribution in [0.2, 0.25) is 0 Å². The summed E-state index contributed by atoms with van der Waals surface area (Å²) in [7, 11) is 0. The second-order valence-electron chi connectivity index (χ2n) is 8.22. The van der Waals surface area contributed by atoms with Gasteiger partial charge in [0.25, 0.3) is 5.56 Å². The predicted octanol–water partition coefficient (Wildman–Crippen LogP) is 2.66. The predicted molar refractivity (Wildman–Crippen MR) is 103 cm³/mol. The second-order valence-corrected chi connectivity index (χ2v) is 8.22. The first-order valence-corrected chi connectivity index (χ1v) is 9.87. The number of benzene rings is 1. The molecule has 2 N–H and O–H groups in total. The summed E-state index contributed by atoms with van der Waals surface area (Å²) in [4.78, 5) is 24.9. The number of carbonyl (C=O) groups is 1. The van der Waals surface area contributed by atoms with E-state index in [1.165, 1.54) is 5.57 Å². The maximum atomic E-state index is 14.5. The minimum absolute atomic E-state index is 0.122. The average Bonchev–Trinajstić information content (AvgIpc) is 3.08. The summed E-state index contributed by atoms with van der Waals surface area (Å²) in [5.41, 5.74) is 7.01. The Balaban J connectivity index is 1.59. The van der Waals surface area contributed by atoms with E-state index in [1.807, 2.05) is 6.92 Å². The van der Waals surface area contributed by atoms with Crippen LogP contribution in [0, 0.1) is 12.7 Å². The molecule has 29 heavy (non-hydrogen) atoms. The summed E-state index contributed by atoms with van der Waals surface area (Å²) in [5, 5.41) is 13.7. The zero-order chi connectivity index (χ0) is 20.0. The van der Waals surface area contributed by atoms with Crippen molar-refractivity contribution < 1.29 is 19.0 Å². The Morgan fingerprint density at radius 1 is 1.24 bits per heavy atom. The van der Waals surface area contributed by atoms with Crippen LogP contribution in [0.3, 0.4) is 0 Å². The molecule has 0 spiro atoms. The third kappa shape index (κ3) is 2.08. The number of aliphatic hydroxyl groups excluding tert-OH is 1. The van der Waals surface area contributed by atoms with E-state index < -0.39 is 12.1 Å². The number of nitrogens with zero attached hydrogens (tertiary/aromatic N) is 1. The van der Waals surface area contributed by atoms with E-state index in [4.69, 9.17) is 4.74 Å². The molecule has 3 aliphatic heterocycles. The molecule has 148 valence electrons. The van der Waals surface area contributed by atoms with Gasteiger partial charge in [0.05, 0.1) is 11.6 Å². The second kappa shape index (κ2) is 5.57. The zero-order valence-electron chi connectivity index (χ0n) is 15.8. The van der Waals surface area contributed by atoms with Gasteiger partial charge in [-0.3, -0.25) is 4.79 Å². The Labute approximate surface area is 165 Å². The summed E-state index contributed by atoms with van der Waals surface area (Å²) in [6.07, 6.45) is 1.24. The number of cyclic esters (lactones) is 1. The Bertz CT molecular complexity index is 1230. The quantitative estimate of drug-likeness (QED) is 0.672. The van der Waals surface area contributed by atoms with Crippen molar-refractivity contribution in [1.82, 2.24) is 4.57 Å². The van der Waals surface area contributed by atoms with E-state index >= 15 is 0 Å². The van der Waals surface area contributed by atoms with Gasteiger partial charge in [0.2, 0.25) is 0 Å². The average molecular weight is 394 g/mol. The van der Waals surface area contributed by atoms with Crippen LogP contribution in [0.5, 0.6) is 0 Å². The minimum Gasteiger partial charge on any atom is -0.458 e. The molecule has 0 saturated heterocycles. The lowest BCUT2D eigenvalue weighted by atomic mass is 9.78. The highest BCUT2D eigenvalue weighted by Gasteiger charge is 2.40. The van der Waals surface area contributed by atoms with Crippen LogP contribution < -0.4 is 10.9 Å². The summed E-state index contributed by atoms with van der Waals surface area (Å²) in [6, 6.07) is 3.00. The molecule has 6 rings (SSSR count). The summed E-state index contributed by atoms with van der Waals surface area (Å²) < 4.78 is 21.2. The lowest BCUT2D eigenvalue weighted by Crippen LogP contribution is -2.33. The maximum absolute atomic E-state index is 14.5. The number of carbonyl (C=O) groups excluding carboxylic acids is 1. The number of fused-ring (bicyclic) bond motifs is 4. The molecule has 2 aromatic rings. The SMILES string of the molecule is Cc1c(F)cc2c3c1CCCC3=C1Cn3c(cc4c(c3=O)COC(=O)C4O)C1N2. The Hall–Kier alpha value is -2.93. The Morgan fingerprint density at radius 3 is 2.90 bits per heavy atom. The van der Waals surface area contributed by atoms with E-state index in [9.17, 15) is 19.1 Å². The van der Waals surface area contributed by atoms with E-state index in [2.05, 4.69) is 5.32 Å². The van der Waals surface area contributed by atoms with Crippen molar-refractivity contribution in [2.24, 2.45) is 0 Å². The number of hydrogen-bond donors (Lipinski definition) is 2. The molecule has 0 amide bonds. The van der Waals surface area contributed by atoms with Gasteiger partial charge in [0.15, 0.2) is 6.10 Å². The topological polar surface area (TPSA) is 80.6 Å². The van der Waals surface area contributed by atoms with Crippen LogP contribution >= 0.6 is 0 Å². The molecule has 2 unspecified atom stereocenters. The van der Waals surface area contributed by atoms with E-state index in [1.54, 1.807) is 16.7 Å². The molecule has 4 heterocycles. The number of hydrogen-bond acceptors (Lipinski definition) is 5. The van der Waals surface area contributed by atoms with Gasteiger partial charge in [-0.2, -0.15) is 0 Å². The molecule has 2 atom stereocenters. The molecule has 1 aromatic carbocycles. The fraction of sp³-hybridized carbons (Fsp3) is 0.364. The van der Waals surface area contributed by atoms with Crippen molar-refractivity contribution in [1.29, 1.82) is 0 Å². The molecular formula is C22H19FN2O4. The molecule has 1 aliphatic carbocycles. The lowest BCUT2D eigenvalue weighted by Gasteiger charge is -2.33. The van der Waals surface area contributed by atoms with Crippen molar-refractivity contribution in [2.45, 2.75) is 51.5 Å². The van der Waals surface area contributed by atoms with E-state index in [-0.39, 0.29) is 24.0 Å². The van der Waals surface area contributed by atoms with Crippen LogP contribution in [0.15, 0.2) is 22.5 Å². The van der Waals surface area contributed by atoms with Gasteiger partial charge >= 0.3 is 5.97 Å². The van der Waals surface area contributed by atoms with Crippen LogP contribution in [-0.2, 0) is 29.1 Å². The maximum Gasteiger partial charge on any atom is 0.340 e. The number of aromatic nitrogens is 1. The van der Waals surface area contributed by atoms with Gasteiger partial charge in [-0.15, -0.1) is 0 Å². The summed E-state index contributed by atoms with van der Waals surface area (Å²) in [5.74, 6) is -0.968. The first kappa shape index (κ1) is 17.0. The molecule has 1 aromatic heterocycles. The molecule has 0 bridgehead atoms. The molecule has 0 saturated carbocycles. The van der Waals surface area contributed by atoms with Crippen molar-refractivity contribution >= 4 is 17.2 Å². The fourth-order valence-electron chi connectivity index (χ4n) is 5.36. The molecule has 0 radical (unpaired) electrons. The van der Waals surface area contributed by atoms with Gasteiger partial charge in [0, 0.05) is 29.1 Å². The Morgan fingerprint density at radius 2 is 2.07 bits per heavy atom. The van der Waals surface area contributed by atoms with Gasteiger partial charge in [-0.05, 0) is 60.6 Å². The molecular weight excluding hydrogens is 375 g/mol. The van der Waals surface area contributed by atoms with E-state index in [0.717, 1.165) is 41.6 Å². The highest BCUT2D eigenvalue weighted by Crippen LogP contribution is 2.50. The van der Waals surface area contributed by atoms with Crippen molar-refractivity contribution in [3.8, 4) is 0 Å². The van der Waals surface area contributed by atoms with Crippen molar-refractivity contribution in [3.63, 3.8) is 0 Å². The van der Waals surface area contributed by atoms with Crippen molar-refractivity contribution in [2.75, 3.05) is 5.32 Å². The van der Waals surface area contributed by atoms with Crippen LogP contribution in [0.1, 0.15) is 58.5 Å². The third-order valence-corrected chi connectivity index (χ3v) is 6.81. The molecule has 6 nitrogen and oxygen atoms in total. The highest BCUT2D eigenvalue weighted by molar-refractivity contribution is 5.87. The minimum atomic E-state index is -1.45. The first-order valence-electron chi connectivity index (χ1n) is 9.87. The monoisotopic (exact) mass is 394 g/mol. The number of nitrogens with one attached hydrogen (secondary N) is 1. The highest BCUT2D eigenvalue weighted by atomic mass is 19.1. The van der Waals surface area contributed by atoms with Gasteiger partial charge < -0.3 is 19.7 Å². The van der Waals surface area contributed by atoms with Crippen LogP contribution in [-0.4, -0.2) is 15.6 Å². The lowest BCUT2D eigenvalue weighted by molar-refractivity contribution is -0.157. The number of anilines is 1. The summed E-state index contributed by atoms with van der Waals surface area (Å²) in [6.45, 7) is 2.15. The molecule has 0 fully saturated rings. The molecule has 4 aliphatic rings. The number of rotatable bonds is 0. The number of halogens is 1. The number of aliphatic hydroxyl groups is 1. The third-order valence-electron chi connectivity index (χ3n) is 6.81. The van der Waals surface area contributed by atoms with Gasteiger partial charge in [-0.25, -0.2) is 9.18 Å². The number of esters is 1. The van der Waals surface area contributed by atoms with Gasteiger partial charge in [-0.1, -0.05) is 0 Å². The smallest absolute Gasteiger partial charge is 0.340 e. The van der Waals surface area contributed by atoms with Crippen LogP contribution in [0.25, 0.3) is 5.57 Å².